The lowest BCUT2D eigenvalue weighted by Crippen LogP contribution is -2.42. The number of carbonyl (C=O) groups excluding carboxylic acids is 1. The summed E-state index contributed by atoms with van der Waals surface area (Å²) < 4.78 is 13.2. The second-order valence-corrected chi connectivity index (χ2v) is 5.87. The highest BCUT2D eigenvalue weighted by molar-refractivity contribution is 5.78. The van der Waals surface area contributed by atoms with Crippen LogP contribution in [0.2, 0.25) is 0 Å². The van der Waals surface area contributed by atoms with Crippen molar-refractivity contribution in [3.63, 3.8) is 0 Å². The van der Waals surface area contributed by atoms with E-state index in [1.165, 1.54) is 12.1 Å². The summed E-state index contributed by atoms with van der Waals surface area (Å²) in [4.78, 5) is 14.3. The van der Waals surface area contributed by atoms with Crippen molar-refractivity contribution in [1.29, 1.82) is 0 Å². The molecule has 3 rings (SSSR count). The first-order valence-electron chi connectivity index (χ1n) is 7.93. The van der Waals surface area contributed by atoms with Gasteiger partial charge in [-0.2, -0.15) is 0 Å². The molecule has 0 spiro atoms. The standard InChI is InChI=1S/C19H20FNO2/c20-16-11-9-15(10-12-16)17-7-4-8-19(23)21(17)18(13-22)14-5-2-1-3-6-14/h1-3,5-6,9-12,17-18,22H,4,7-8,13H2/t17?,18-/m1/s1. The van der Waals surface area contributed by atoms with Gasteiger partial charge < -0.3 is 10.0 Å². The first kappa shape index (κ1) is 15.7. The molecule has 1 fully saturated rings. The van der Waals surface area contributed by atoms with Gasteiger partial charge >= 0.3 is 0 Å². The van der Waals surface area contributed by atoms with E-state index in [0.717, 1.165) is 24.0 Å². The van der Waals surface area contributed by atoms with Crippen molar-refractivity contribution in [1.82, 2.24) is 4.90 Å². The number of nitrogens with zero attached hydrogens (tertiary/aromatic N) is 1. The average molecular weight is 313 g/mol. The number of halogens is 1. The smallest absolute Gasteiger partial charge is 0.223 e. The molecule has 2 aromatic carbocycles. The molecule has 1 aliphatic heterocycles. The quantitative estimate of drug-likeness (QED) is 0.936. The normalized spacial score (nSPS) is 19.7. The van der Waals surface area contributed by atoms with Gasteiger partial charge in [-0.3, -0.25) is 4.79 Å². The Bertz CT molecular complexity index is 657. The molecule has 1 heterocycles. The topological polar surface area (TPSA) is 40.5 Å². The number of aliphatic hydroxyl groups excluding tert-OH is 1. The lowest BCUT2D eigenvalue weighted by molar-refractivity contribution is -0.141. The first-order chi connectivity index (χ1) is 11.2. The predicted molar refractivity (Wildman–Crippen MR) is 86.1 cm³/mol. The third kappa shape index (κ3) is 3.27. The maximum Gasteiger partial charge on any atom is 0.223 e. The molecule has 1 amide bonds. The Balaban J connectivity index is 1.97. The number of likely N-dealkylation sites (tertiary alicyclic amines) is 1. The SMILES string of the molecule is O=C1CCCC(c2ccc(F)cc2)N1[C@H](CO)c1ccccc1. The van der Waals surface area contributed by atoms with Gasteiger partial charge in [-0.25, -0.2) is 4.39 Å². The van der Waals surface area contributed by atoms with Crippen LogP contribution >= 0.6 is 0 Å². The summed E-state index contributed by atoms with van der Waals surface area (Å²) in [6.07, 6.45) is 2.12. The van der Waals surface area contributed by atoms with Crippen LogP contribution in [0.1, 0.15) is 42.5 Å². The van der Waals surface area contributed by atoms with Crippen LogP contribution in [0.3, 0.4) is 0 Å². The lowest BCUT2D eigenvalue weighted by Gasteiger charge is -2.41. The Labute approximate surface area is 135 Å². The van der Waals surface area contributed by atoms with E-state index in [1.807, 2.05) is 30.3 Å². The van der Waals surface area contributed by atoms with E-state index in [4.69, 9.17) is 0 Å². The van der Waals surface area contributed by atoms with Crippen molar-refractivity contribution < 1.29 is 14.3 Å². The molecule has 2 aromatic rings. The highest BCUT2D eigenvalue weighted by Gasteiger charge is 2.34. The highest BCUT2D eigenvalue weighted by Crippen LogP contribution is 2.38. The summed E-state index contributed by atoms with van der Waals surface area (Å²) in [5.41, 5.74) is 1.83. The van der Waals surface area contributed by atoms with Gasteiger partial charge in [0.1, 0.15) is 5.82 Å². The zero-order chi connectivity index (χ0) is 16.2. The van der Waals surface area contributed by atoms with Crippen LogP contribution in [0.25, 0.3) is 0 Å². The van der Waals surface area contributed by atoms with E-state index >= 15 is 0 Å². The minimum atomic E-state index is -0.376. The molecule has 3 nitrogen and oxygen atoms in total. The molecule has 0 aliphatic carbocycles. The Hall–Kier alpha value is -2.20. The van der Waals surface area contributed by atoms with Crippen LogP contribution in [0.5, 0.6) is 0 Å². The van der Waals surface area contributed by atoms with E-state index in [-0.39, 0.29) is 30.4 Å². The van der Waals surface area contributed by atoms with Gasteiger partial charge in [-0.15, -0.1) is 0 Å². The fraction of sp³-hybridized carbons (Fsp3) is 0.316. The molecule has 0 bridgehead atoms. The average Bonchev–Trinajstić information content (AvgIpc) is 2.59. The Morgan fingerprint density at radius 1 is 1.13 bits per heavy atom. The molecule has 0 saturated carbocycles. The van der Waals surface area contributed by atoms with Gasteiger partial charge in [0, 0.05) is 6.42 Å². The molecule has 0 radical (unpaired) electrons. The number of amides is 1. The third-order valence-electron chi connectivity index (χ3n) is 4.44. The zero-order valence-electron chi connectivity index (χ0n) is 12.9. The summed E-state index contributed by atoms with van der Waals surface area (Å²) >= 11 is 0. The van der Waals surface area contributed by atoms with Gasteiger partial charge in [0.2, 0.25) is 5.91 Å². The molecule has 0 aromatic heterocycles. The second-order valence-electron chi connectivity index (χ2n) is 5.87. The summed E-state index contributed by atoms with van der Waals surface area (Å²) in [6, 6.07) is 15.3. The maximum atomic E-state index is 13.2. The van der Waals surface area contributed by atoms with Gasteiger partial charge in [-0.05, 0) is 36.1 Å². The van der Waals surface area contributed by atoms with Gasteiger partial charge in [0.05, 0.1) is 18.7 Å². The molecule has 4 heteroatoms. The maximum absolute atomic E-state index is 13.2. The van der Waals surface area contributed by atoms with Crippen molar-refractivity contribution in [2.45, 2.75) is 31.3 Å². The monoisotopic (exact) mass is 313 g/mol. The number of carbonyl (C=O) groups is 1. The van der Waals surface area contributed by atoms with Crippen molar-refractivity contribution in [3.05, 3.63) is 71.5 Å². The fourth-order valence-electron chi connectivity index (χ4n) is 3.32. The van der Waals surface area contributed by atoms with Crippen LogP contribution in [0.4, 0.5) is 4.39 Å². The minimum Gasteiger partial charge on any atom is -0.394 e. The van der Waals surface area contributed by atoms with Crippen LogP contribution in [0.15, 0.2) is 54.6 Å². The minimum absolute atomic E-state index is 0.0356. The first-order valence-corrected chi connectivity index (χ1v) is 7.93. The Morgan fingerprint density at radius 3 is 2.48 bits per heavy atom. The lowest BCUT2D eigenvalue weighted by atomic mass is 9.91. The van der Waals surface area contributed by atoms with Gasteiger partial charge in [0.25, 0.3) is 0 Å². The van der Waals surface area contributed by atoms with E-state index in [9.17, 15) is 14.3 Å². The fourth-order valence-corrected chi connectivity index (χ4v) is 3.32. The van der Waals surface area contributed by atoms with Crippen molar-refractivity contribution >= 4 is 5.91 Å². The third-order valence-corrected chi connectivity index (χ3v) is 4.44. The zero-order valence-corrected chi connectivity index (χ0v) is 12.9. The molecule has 120 valence electrons. The number of benzene rings is 2. The molecular weight excluding hydrogens is 293 g/mol. The highest BCUT2D eigenvalue weighted by atomic mass is 19.1. The van der Waals surface area contributed by atoms with Crippen LogP contribution in [0, 0.1) is 5.82 Å². The molecule has 2 atom stereocenters. The summed E-state index contributed by atoms with van der Waals surface area (Å²) in [7, 11) is 0. The number of rotatable bonds is 4. The van der Waals surface area contributed by atoms with Crippen LogP contribution in [-0.2, 0) is 4.79 Å². The summed E-state index contributed by atoms with van der Waals surface area (Å²) in [5, 5.41) is 9.90. The molecular formula is C19H20FNO2. The van der Waals surface area contributed by atoms with E-state index < -0.39 is 0 Å². The van der Waals surface area contributed by atoms with Crippen molar-refractivity contribution in [2.75, 3.05) is 6.61 Å². The number of hydrogen-bond donors (Lipinski definition) is 1. The molecule has 23 heavy (non-hydrogen) atoms. The number of piperidine rings is 1. The summed E-state index contributed by atoms with van der Waals surface area (Å²) in [5.74, 6) is -0.252. The van der Waals surface area contributed by atoms with Crippen LogP contribution in [-0.4, -0.2) is 22.5 Å². The molecule has 1 N–H and O–H groups in total. The second kappa shape index (κ2) is 6.92. The number of aliphatic hydroxyl groups is 1. The summed E-state index contributed by atoms with van der Waals surface area (Å²) in [6.45, 7) is -0.131. The van der Waals surface area contributed by atoms with E-state index in [0.29, 0.717) is 6.42 Å². The largest absolute Gasteiger partial charge is 0.394 e. The van der Waals surface area contributed by atoms with E-state index in [1.54, 1.807) is 17.0 Å². The Kier molecular flexibility index (Phi) is 4.72. The van der Waals surface area contributed by atoms with Gasteiger partial charge in [0.15, 0.2) is 0 Å². The molecule has 1 saturated heterocycles. The molecule has 1 aliphatic rings. The van der Waals surface area contributed by atoms with Gasteiger partial charge in [-0.1, -0.05) is 42.5 Å². The predicted octanol–water partition coefficient (Wildman–Crippen LogP) is 3.61. The van der Waals surface area contributed by atoms with Crippen LogP contribution < -0.4 is 0 Å². The van der Waals surface area contributed by atoms with E-state index in [2.05, 4.69) is 0 Å². The Morgan fingerprint density at radius 2 is 1.83 bits per heavy atom. The molecule has 1 unspecified atom stereocenters. The van der Waals surface area contributed by atoms with Crippen molar-refractivity contribution in [2.24, 2.45) is 0 Å². The van der Waals surface area contributed by atoms with Crippen molar-refractivity contribution in [3.8, 4) is 0 Å². The number of hydrogen-bond acceptors (Lipinski definition) is 2.